The first-order valence-electron chi connectivity index (χ1n) is 4.03. The van der Waals surface area contributed by atoms with Crippen LogP contribution in [0.5, 0.6) is 0 Å². The van der Waals surface area contributed by atoms with E-state index in [1.807, 2.05) is 6.07 Å². The highest BCUT2D eigenvalue weighted by Crippen LogP contribution is 2.21. The molecule has 0 aromatic heterocycles. The molecule has 0 aliphatic carbocycles. The monoisotopic (exact) mass is 228 g/mol. The maximum atomic E-state index is 5.97. The lowest BCUT2D eigenvalue weighted by atomic mass is 10.1. The molecule has 1 aromatic rings. The summed E-state index contributed by atoms with van der Waals surface area (Å²) in [5, 5.41) is 1.21. The molecule has 0 saturated carbocycles. The average molecular weight is 229 g/mol. The molecular weight excluding hydrogens is 219 g/mol. The van der Waals surface area contributed by atoms with Crippen LogP contribution in [0.2, 0.25) is 10.0 Å². The molecule has 1 unspecified atom stereocenters. The van der Waals surface area contributed by atoms with Crippen LogP contribution in [-0.4, -0.2) is 6.04 Å². The van der Waals surface area contributed by atoms with Crippen LogP contribution in [0.25, 0.3) is 0 Å². The highest BCUT2D eigenvalue weighted by molar-refractivity contribution is 6.35. The molecule has 0 aliphatic rings. The molecule has 0 saturated heterocycles. The minimum Gasteiger partial charge on any atom is -0.270 e. The third-order valence-electron chi connectivity index (χ3n) is 1.84. The minimum absolute atomic E-state index is 0.214. The molecule has 0 amide bonds. The van der Waals surface area contributed by atoms with E-state index in [0.717, 1.165) is 5.56 Å². The van der Waals surface area contributed by atoms with Gasteiger partial charge in [0.2, 0.25) is 0 Å². The fourth-order valence-electron chi connectivity index (χ4n) is 1.07. The second-order valence-electron chi connectivity index (χ2n) is 2.83. The lowest BCUT2D eigenvalue weighted by molar-refractivity contribution is 0.634. The van der Waals surface area contributed by atoms with Gasteiger partial charge in [0.25, 0.3) is 0 Å². The van der Waals surface area contributed by atoms with E-state index < -0.39 is 0 Å². The predicted molar refractivity (Wildman–Crippen MR) is 60.1 cm³/mol. The Morgan fingerprint density at radius 3 is 2.71 bits per heavy atom. The molecule has 0 fully saturated rings. The SMILES string of the molecule is C#CC(Cc1ccc(Cl)cc1Cl)NN. The van der Waals surface area contributed by atoms with Gasteiger partial charge >= 0.3 is 0 Å². The maximum absolute atomic E-state index is 5.97. The molecule has 4 heteroatoms. The Morgan fingerprint density at radius 2 is 2.21 bits per heavy atom. The number of rotatable bonds is 3. The zero-order valence-corrected chi connectivity index (χ0v) is 8.94. The van der Waals surface area contributed by atoms with E-state index in [1.165, 1.54) is 0 Å². The van der Waals surface area contributed by atoms with E-state index in [-0.39, 0.29) is 6.04 Å². The van der Waals surface area contributed by atoms with Crippen molar-refractivity contribution in [2.24, 2.45) is 5.84 Å². The summed E-state index contributed by atoms with van der Waals surface area (Å²) in [6.07, 6.45) is 5.84. The van der Waals surface area contributed by atoms with Crippen molar-refractivity contribution in [2.45, 2.75) is 12.5 Å². The highest BCUT2D eigenvalue weighted by Gasteiger charge is 2.07. The third-order valence-corrected chi connectivity index (χ3v) is 2.43. The summed E-state index contributed by atoms with van der Waals surface area (Å²) in [5.74, 6) is 7.76. The second-order valence-corrected chi connectivity index (χ2v) is 3.67. The van der Waals surface area contributed by atoms with Crippen molar-refractivity contribution in [3.8, 4) is 12.3 Å². The predicted octanol–water partition coefficient (Wildman–Crippen LogP) is 2.00. The highest BCUT2D eigenvalue weighted by atomic mass is 35.5. The van der Waals surface area contributed by atoms with Gasteiger partial charge in [-0.1, -0.05) is 35.2 Å². The molecule has 2 nitrogen and oxygen atoms in total. The van der Waals surface area contributed by atoms with Crippen LogP contribution in [0, 0.1) is 12.3 Å². The normalized spacial score (nSPS) is 12.1. The molecule has 1 aromatic carbocycles. The van der Waals surface area contributed by atoms with E-state index in [4.69, 9.17) is 35.5 Å². The lowest BCUT2D eigenvalue weighted by Gasteiger charge is -2.10. The van der Waals surface area contributed by atoms with Gasteiger partial charge in [-0.2, -0.15) is 0 Å². The molecule has 0 heterocycles. The summed E-state index contributed by atoms with van der Waals surface area (Å²) >= 11 is 11.7. The summed E-state index contributed by atoms with van der Waals surface area (Å²) in [6, 6.07) is 5.08. The molecule has 1 atom stereocenters. The van der Waals surface area contributed by atoms with Gasteiger partial charge in [-0.3, -0.25) is 5.84 Å². The van der Waals surface area contributed by atoms with E-state index in [9.17, 15) is 0 Å². The molecular formula is C10H10Cl2N2. The molecule has 14 heavy (non-hydrogen) atoms. The van der Waals surface area contributed by atoms with Gasteiger partial charge in [-0.05, 0) is 17.7 Å². The fraction of sp³-hybridized carbons (Fsp3) is 0.200. The Kier molecular flexibility index (Phi) is 4.24. The van der Waals surface area contributed by atoms with Crippen molar-refractivity contribution in [1.82, 2.24) is 5.43 Å². The van der Waals surface area contributed by atoms with Crippen molar-refractivity contribution < 1.29 is 0 Å². The number of nitrogens with one attached hydrogen (secondary N) is 1. The largest absolute Gasteiger partial charge is 0.270 e. The number of hydrazine groups is 1. The van der Waals surface area contributed by atoms with Crippen LogP contribution in [0.15, 0.2) is 18.2 Å². The van der Waals surface area contributed by atoms with Crippen LogP contribution >= 0.6 is 23.2 Å². The van der Waals surface area contributed by atoms with Gasteiger partial charge in [0, 0.05) is 16.5 Å². The number of nitrogens with two attached hydrogens (primary N) is 1. The van der Waals surface area contributed by atoms with E-state index >= 15 is 0 Å². The Balaban J connectivity index is 2.82. The van der Waals surface area contributed by atoms with E-state index in [2.05, 4.69) is 11.3 Å². The maximum Gasteiger partial charge on any atom is 0.0855 e. The van der Waals surface area contributed by atoms with Crippen molar-refractivity contribution in [3.63, 3.8) is 0 Å². The smallest absolute Gasteiger partial charge is 0.0855 e. The van der Waals surface area contributed by atoms with Gasteiger partial charge in [0.1, 0.15) is 0 Å². The van der Waals surface area contributed by atoms with Gasteiger partial charge < -0.3 is 0 Å². The van der Waals surface area contributed by atoms with Crippen LogP contribution in [0.4, 0.5) is 0 Å². The van der Waals surface area contributed by atoms with Crippen LogP contribution in [0.1, 0.15) is 5.56 Å². The Labute approximate surface area is 93.4 Å². The second kappa shape index (κ2) is 5.23. The first-order chi connectivity index (χ1) is 6.67. The average Bonchev–Trinajstić information content (AvgIpc) is 2.17. The molecule has 0 spiro atoms. The van der Waals surface area contributed by atoms with Gasteiger partial charge in [0.15, 0.2) is 0 Å². The van der Waals surface area contributed by atoms with Gasteiger partial charge in [-0.25, -0.2) is 5.43 Å². The number of hydrogen-bond donors (Lipinski definition) is 2. The quantitative estimate of drug-likeness (QED) is 0.472. The summed E-state index contributed by atoms with van der Waals surface area (Å²) in [4.78, 5) is 0. The summed E-state index contributed by atoms with van der Waals surface area (Å²) in [7, 11) is 0. The van der Waals surface area contributed by atoms with Crippen molar-refractivity contribution in [2.75, 3.05) is 0 Å². The zero-order chi connectivity index (χ0) is 10.6. The summed E-state index contributed by atoms with van der Waals surface area (Å²) < 4.78 is 0. The molecule has 0 aliphatic heterocycles. The van der Waals surface area contributed by atoms with Crippen LogP contribution in [0.3, 0.4) is 0 Å². The topological polar surface area (TPSA) is 38.0 Å². The van der Waals surface area contributed by atoms with Crippen LogP contribution < -0.4 is 11.3 Å². The Hall–Kier alpha value is -0.720. The molecule has 1 rings (SSSR count). The first-order valence-corrected chi connectivity index (χ1v) is 4.79. The fourth-order valence-corrected chi connectivity index (χ4v) is 1.56. The Morgan fingerprint density at radius 1 is 1.50 bits per heavy atom. The van der Waals surface area contributed by atoms with Crippen molar-refractivity contribution in [1.29, 1.82) is 0 Å². The van der Waals surface area contributed by atoms with Crippen LogP contribution in [-0.2, 0) is 6.42 Å². The van der Waals surface area contributed by atoms with E-state index in [0.29, 0.717) is 16.5 Å². The first kappa shape index (κ1) is 11.4. The number of halogens is 2. The molecule has 3 N–H and O–H groups in total. The minimum atomic E-state index is -0.214. The third kappa shape index (κ3) is 2.90. The van der Waals surface area contributed by atoms with Gasteiger partial charge in [0.05, 0.1) is 6.04 Å². The van der Waals surface area contributed by atoms with Gasteiger partial charge in [-0.15, -0.1) is 6.42 Å². The number of hydrogen-bond acceptors (Lipinski definition) is 2. The van der Waals surface area contributed by atoms with Crippen molar-refractivity contribution >= 4 is 23.2 Å². The summed E-state index contributed by atoms with van der Waals surface area (Å²) in [6.45, 7) is 0. The standard InChI is InChI=1S/C10H10Cl2N2/c1-2-9(14-13)5-7-3-4-8(11)6-10(7)12/h1,3-4,6,9,14H,5,13H2. The Bertz CT molecular complexity index is 358. The zero-order valence-electron chi connectivity index (χ0n) is 7.43. The number of terminal acetylenes is 1. The van der Waals surface area contributed by atoms with E-state index in [1.54, 1.807) is 12.1 Å². The number of benzene rings is 1. The molecule has 0 radical (unpaired) electrons. The summed E-state index contributed by atoms with van der Waals surface area (Å²) in [5.41, 5.74) is 3.44. The van der Waals surface area contributed by atoms with Crippen molar-refractivity contribution in [3.05, 3.63) is 33.8 Å². The molecule has 0 bridgehead atoms. The molecule has 74 valence electrons. The lowest BCUT2D eigenvalue weighted by Crippen LogP contribution is -2.35.